The molecule has 0 fully saturated rings. The number of amides is 2. The summed E-state index contributed by atoms with van der Waals surface area (Å²) >= 11 is 0. The quantitative estimate of drug-likeness (QED) is 0.498. The fraction of sp³-hybridized carbons (Fsp3) is 0.259. The molecule has 0 radical (unpaired) electrons. The number of ether oxygens (including phenoxy) is 4. The minimum Gasteiger partial charge on any atom is -0.493 e. The van der Waals surface area contributed by atoms with Crippen molar-refractivity contribution in [3.05, 3.63) is 77.4 Å². The maximum absolute atomic E-state index is 13.6. The molecule has 0 bridgehead atoms. The summed E-state index contributed by atoms with van der Waals surface area (Å²) in [5.74, 6) is 1.95. The smallest absolute Gasteiger partial charge is 0.258 e. The lowest BCUT2D eigenvalue weighted by molar-refractivity contribution is -0.123. The Labute approximate surface area is 208 Å². The highest BCUT2D eigenvalue weighted by molar-refractivity contribution is 6.01. The molecule has 2 amide bonds. The van der Waals surface area contributed by atoms with Gasteiger partial charge in [-0.25, -0.2) is 0 Å². The molecule has 1 unspecified atom stereocenters. The van der Waals surface area contributed by atoms with Crippen LogP contribution < -0.4 is 29.6 Å². The summed E-state index contributed by atoms with van der Waals surface area (Å²) in [6.45, 7) is 2.79. The van der Waals surface area contributed by atoms with Crippen LogP contribution in [-0.2, 0) is 11.3 Å². The number of methoxy groups -OCH3 is 1. The van der Waals surface area contributed by atoms with Crippen LogP contribution in [-0.4, -0.2) is 43.8 Å². The topological polar surface area (TPSA) is 98.4 Å². The average molecular weight is 490 g/mol. The van der Waals surface area contributed by atoms with Crippen molar-refractivity contribution in [3.63, 3.8) is 0 Å². The van der Waals surface area contributed by atoms with E-state index < -0.39 is 6.17 Å². The highest BCUT2D eigenvalue weighted by atomic mass is 16.7. The number of carbonyl (C=O) groups is 2. The molecule has 9 heteroatoms. The van der Waals surface area contributed by atoms with Gasteiger partial charge in [0, 0.05) is 18.8 Å². The Balaban J connectivity index is 1.46. The minimum absolute atomic E-state index is 0.0949. The molecule has 0 saturated heterocycles. The predicted octanol–water partition coefficient (Wildman–Crippen LogP) is 3.71. The van der Waals surface area contributed by atoms with Gasteiger partial charge in [0.05, 0.1) is 12.7 Å². The lowest BCUT2D eigenvalue weighted by atomic mass is 10.0. The van der Waals surface area contributed by atoms with Crippen molar-refractivity contribution in [3.8, 4) is 23.0 Å². The van der Waals surface area contributed by atoms with Crippen LogP contribution in [0.3, 0.4) is 0 Å². The fourth-order valence-electron chi connectivity index (χ4n) is 4.32. The normalized spacial score (nSPS) is 15.7. The number of nitrogens with zero attached hydrogens (tertiary/aromatic N) is 1. The van der Waals surface area contributed by atoms with E-state index in [2.05, 4.69) is 10.6 Å². The minimum atomic E-state index is -0.468. The van der Waals surface area contributed by atoms with Crippen molar-refractivity contribution >= 4 is 17.5 Å². The number of nitrogens with one attached hydrogen (secondary N) is 2. The first kappa shape index (κ1) is 23.3. The molecular formula is C27H27N3O6. The molecule has 3 aromatic rings. The lowest BCUT2D eigenvalue weighted by Gasteiger charge is -2.38. The van der Waals surface area contributed by atoms with Crippen LogP contribution >= 0.6 is 0 Å². The Morgan fingerprint density at radius 3 is 2.75 bits per heavy atom. The molecule has 3 aromatic carbocycles. The van der Waals surface area contributed by atoms with E-state index >= 15 is 0 Å². The van der Waals surface area contributed by atoms with Crippen LogP contribution in [0.1, 0.15) is 34.6 Å². The van der Waals surface area contributed by atoms with Crippen molar-refractivity contribution in [1.29, 1.82) is 0 Å². The van der Waals surface area contributed by atoms with Gasteiger partial charge in [0.25, 0.3) is 11.8 Å². The van der Waals surface area contributed by atoms with Gasteiger partial charge in [-0.3, -0.25) is 9.59 Å². The Bertz CT molecular complexity index is 1290. The SMILES string of the molecule is CCNC(=O)COc1ccc(C2Nc3ccccc3C(=O)N2Cc2ccc3c(c2)OCO3)cc1OC. The zero-order valence-corrected chi connectivity index (χ0v) is 20.1. The summed E-state index contributed by atoms with van der Waals surface area (Å²) in [4.78, 5) is 27.2. The maximum Gasteiger partial charge on any atom is 0.258 e. The second-order valence-electron chi connectivity index (χ2n) is 8.37. The monoisotopic (exact) mass is 489 g/mol. The van der Waals surface area contributed by atoms with E-state index in [1.807, 2.05) is 61.5 Å². The van der Waals surface area contributed by atoms with Gasteiger partial charge in [0.1, 0.15) is 6.17 Å². The van der Waals surface area contributed by atoms with Crippen molar-refractivity contribution in [2.75, 3.05) is 32.4 Å². The third kappa shape index (κ3) is 4.59. The number of para-hydroxylation sites is 1. The fourth-order valence-corrected chi connectivity index (χ4v) is 4.32. The second-order valence-corrected chi connectivity index (χ2v) is 8.37. The Kier molecular flexibility index (Phi) is 6.53. The number of anilines is 1. The molecule has 2 heterocycles. The van der Waals surface area contributed by atoms with Crippen LogP contribution in [0.2, 0.25) is 0 Å². The Hall–Kier alpha value is -4.40. The second kappa shape index (κ2) is 10.1. The molecule has 0 spiro atoms. The molecule has 0 saturated carbocycles. The van der Waals surface area contributed by atoms with E-state index in [1.54, 1.807) is 11.0 Å². The number of carbonyl (C=O) groups excluding carboxylic acids is 2. The number of fused-ring (bicyclic) bond motifs is 2. The molecule has 2 aliphatic heterocycles. The van der Waals surface area contributed by atoms with Crippen molar-refractivity contribution in [2.45, 2.75) is 19.6 Å². The van der Waals surface area contributed by atoms with Crippen molar-refractivity contribution < 1.29 is 28.5 Å². The molecule has 2 aliphatic rings. The number of rotatable bonds is 8. The molecule has 5 rings (SSSR count). The summed E-state index contributed by atoms with van der Waals surface area (Å²) in [5, 5.41) is 6.19. The van der Waals surface area contributed by atoms with Gasteiger partial charge in [-0.15, -0.1) is 0 Å². The van der Waals surface area contributed by atoms with Crippen LogP contribution in [0.5, 0.6) is 23.0 Å². The molecule has 186 valence electrons. The van der Waals surface area contributed by atoms with E-state index in [-0.39, 0.29) is 25.2 Å². The van der Waals surface area contributed by atoms with Crippen molar-refractivity contribution in [2.24, 2.45) is 0 Å². The summed E-state index contributed by atoms with van der Waals surface area (Å²) in [6, 6.07) is 18.5. The zero-order valence-electron chi connectivity index (χ0n) is 20.1. The maximum atomic E-state index is 13.6. The van der Waals surface area contributed by atoms with E-state index in [9.17, 15) is 9.59 Å². The third-order valence-electron chi connectivity index (χ3n) is 6.05. The summed E-state index contributed by atoms with van der Waals surface area (Å²) in [7, 11) is 1.54. The van der Waals surface area contributed by atoms with Crippen LogP contribution in [0.4, 0.5) is 5.69 Å². The predicted molar refractivity (Wildman–Crippen MR) is 132 cm³/mol. The van der Waals surface area contributed by atoms with E-state index in [0.29, 0.717) is 41.7 Å². The van der Waals surface area contributed by atoms with Gasteiger partial charge in [-0.05, 0) is 54.4 Å². The standard InChI is InChI=1S/C27H27N3O6/c1-3-28-25(31)15-34-21-11-9-18(13-23(21)33-2)26-29-20-7-5-4-6-19(20)27(32)30(26)14-17-8-10-22-24(12-17)36-16-35-22/h4-13,26,29H,3,14-16H2,1-2H3,(H,28,31). The van der Waals surface area contributed by atoms with Gasteiger partial charge >= 0.3 is 0 Å². The number of likely N-dealkylation sites (N-methyl/N-ethyl adjacent to an activating group) is 1. The number of hydrogen-bond donors (Lipinski definition) is 2. The van der Waals surface area contributed by atoms with E-state index in [4.69, 9.17) is 18.9 Å². The van der Waals surface area contributed by atoms with Crippen molar-refractivity contribution in [1.82, 2.24) is 10.2 Å². The molecule has 0 aliphatic carbocycles. The third-order valence-corrected chi connectivity index (χ3v) is 6.05. The van der Waals surface area contributed by atoms with Gasteiger partial charge in [-0.2, -0.15) is 0 Å². The molecule has 0 aromatic heterocycles. The molecule has 1 atom stereocenters. The van der Waals surface area contributed by atoms with Gasteiger partial charge < -0.3 is 34.5 Å². The number of benzene rings is 3. The molecular weight excluding hydrogens is 462 g/mol. The van der Waals surface area contributed by atoms with Crippen LogP contribution in [0, 0.1) is 0 Å². The van der Waals surface area contributed by atoms with Crippen LogP contribution in [0.25, 0.3) is 0 Å². The first-order chi connectivity index (χ1) is 17.6. The van der Waals surface area contributed by atoms with Gasteiger partial charge in [0.15, 0.2) is 29.6 Å². The molecule has 9 nitrogen and oxygen atoms in total. The van der Waals surface area contributed by atoms with E-state index in [0.717, 1.165) is 16.8 Å². The average Bonchev–Trinajstić information content (AvgIpc) is 3.37. The molecule has 36 heavy (non-hydrogen) atoms. The van der Waals surface area contributed by atoms with Gasteiger partial charge in [0.2, 0.25) is 6.79 Å². The highest BCUT2D eigenvalue weighted by Gasteiger charge is 2.33. The lowest BCUT2D eigenvalue weighted by Crippen LogP contribution is -2.42. The Morgan fingerprint density at radius 2 is 1.92 bits per heavy atom. The summed E-state index contributed by atoms with van der Waals surface area (Å²) < 4.78 is 22.2. The van der Waals surface area contributed by atoms with Gasteiger partial charge in [-0.1, -0.05) is 24.3 Å². The summed E-state index contributed by atoms with van der Waals surface area (Å²) in [5.41, 5.74) is 3.07. The Morgan fingerprint density at radius 1 is 1.08 bits per heavy atom. The van der Waals surface area contributed by atoms with Crippen LogP contribution in [0.15, 0.2) is 60.7 Å². The zero-order chi connectivity index (χ0) is 25.1. The highest BCUT2D eigenvalue weighted by Crippen LogP contribution is 2.39. The largest absolute Gasteiger partial charge is 0.493 e. The van der Waals surface area contributed by atoms with E-state index in [1.165, 1.54) is 7.11 Å². The first-order valence-corrected chi connectivity index (χ1v) is 11.7. The molecule has 2 N–H and O–H groups in total. The summed E-state index contributed by atoms with van der Waals surface area (Å²) in [6.07, 6.45) is -0.468. The first-order valence-electron chi connectivity index (χ1n) is 11.7. The number of hydrogen-bond acceptors (Lipinski definition) is 7.